The summed E-state index contributed by atoms with van der Waals surface area (Å²) in [7, 11) is 0. The smallest absolute Gasteiger partial charge is 0.224 e. The maximum absolute atomic E-state index is 5.77. The molecule has 0 spiro atoms. The summed E-state index contributed by atoms with van der Waals surface area (Å²) in [5.74, 6) is 4.08. The number of rotatable bonds is 7. The fourth-order valence-corrected chi connectivity index (χ4v) is 3.40. The van der Waals surface area contributed by atoms with Gasteiger partial charge in [-0.2, -0.15) is 33.5 Å². The predicted molar refractivity (Wildman–Crippen MR) is 84.5 cm³/mol. The molecule has 2 rings (SSSR count). The molecule has 0 aliphatic rings. The fraction of sp³-hybridized carbons (Fsp3) is 0.545. The topological polar surface area (TPSA) is 95.6 Å². The number of aromatic nitrogens is 4. The van der Waals surface area contributed by atoms with Crippen molar-refractivity contribution in [3.05, 3.63) is 6.33 Å². The van der Waals surface area contributed by atoms with Gasteiger partial charge in [0, 0.05) is 18.1 Å². The van der Waals surface area contributed by atoms with Crippen molar-refractivity contribution in [2.45, 2.75) is 13.0 Å². The lowest BCUT2D eigenvalue weighted by Crippen LogP contribution is -2.04. The normalized spacial score (nSPS) is 11.2. The molecule has 0 bridgehead atoms. The molecule has 0 unspecified atom stereocenters. The minimum Gasteiger partial charge on any atom is -0.382 e. The van der Waals surface area contributed by atoms with Gasteiger partial charge in [0.05, 0.1) is 6.33 Å². The first-order valence-corrected chi connectivity index (χ1v) is 8.57. The quantitative estimate of drug-likeness (QED) is 0.747. The van der Waals surface area contributed by atoms with Crippen LogP contribution in [-0.2, 0) is 6.54 Å². The predicted octanol–water partition coefficient (Wildman–Crippen LogP) is 1.48. The summed E-state index contributed by atoms with van der Waals surface area (Å²) < 4.78 is 1.98. The molecule has 0 aliphatic heterocycles. The van der Waals surface area contributed by atoms with Crippen molar-refractivity contribution in [1.29, 1.82) is 0 Å². The molecule has 0 aromatic carbocycles. The lowest BCUT2D eigenvalue weighted by Gasteiger charge is -2.04. The van der Waals surface area contributed by atoms with Gasteiger partial charge in [-0.05, 0) is 18.4 Å². The molecule has 104 valence electrons. The Bertz CT molecular complexity index is 541. The van der Waals surface area contributed by atoms with Gasteiger partial charge < -0.3 is 16.0 Å². The van der Waals surface area contributed by atoms with Crippen LogP contribution in [0.5, 0.6) is 0 Å². The van der Waals surface area contributed by atoms with Gasteiger partial charge in [-0.1, -0.05) is 0 Å². The molecule has 0 radical (unpaired) electrons. The molecule has 0 saturated heterocycles. The summed E-state index contributed by atoms with van der Waals surface area (Å²) >= 11 is 3.86. The second-order valence-electron chi connectivity index (χ2n) is 4.04. The van der Waals surface area contributed by atoms with Crippen LogP contribution in [-0.4, -0.2) is 43.0 Å². The number of aryl methyl sites for hydroxylation is 1. The van der Waals surface area contributed by atoms with Crippen LogP contribution in [0.4, 0.5) is 11.8 Å². The van der Waals surface area contributed by atoms with Crippen molar-refractivity contribution in [2.24, 2.45) is 0 Å². The highest BCUT2D eigenvalue weighted by Gasteiger charge is 2.09. The molecule has 4 N–H and O–H groups in total. The molecule has 2 heterocycles. The summed E-state index contributed by atoms with van der Waals surface area (Å²) in [6.45, 7) is 0.874. The Balaban J connectivity index is 1.94. The first kappa shape index (κ1) is 14.3. The van der Waals surface area contributed by atoms with Crippen LogP contribution < -0.4 is 11.5 Å². The van der Waals surface area contributed by atoms with Crippen LogP contribution in [0.3, 0.4) is 0 Å². The summed E-state index contributed by atoms with van der Waals surface area (Å²) in [6, 6.07) is 0. The molecule has 0 aliphatic carbocycles. The molecule has 19 heavy (non-hydrogen) atoms. The standard InChI is InChI=1S/C11H18N6S2/c1-18-5-6-19-4-2-3-17-7-14-8-9(12)15-11(13)16-10(8)17/h7H,2-6H2,1H3,(H4,12,13,15,16). The van der Waals surface area contributed by atoms with E-state index >= 15 is 0 Å². The Kier molecular flexibility index (Phi) is 5.15. The van der Waals surface area contributed by atoms with Crippen LogP contribution in [0.25, 0.3) is 11.2 Å². The second-order valence-corrected chi connectivity index (χ2v) is 6.25. The minimum absolute atomic E-state index is 0.195. The highest BCUT2D eigenvalue weighted by atomic mass is 32.2. The second kappa shape index (κ2) is 6.85. The highest BCUT2D eigenvalue weighted by molar-refractivity contribution is 8.02. The van der Waals surface area contributed by atoms with Gasteiger partial charge in [-0.3, -0.25) is 0 Å². The number of anilines is 2. The Morgan fingerprint density at radius 3 is 2.84 bits per heavy atom. The number of imidazole rings is 1. The van der Waals surface area contributed by atoms with Crippen LogP contribution in [0, 0.1) is 0 Å². The minimum atomic E-state index is 0.195. The summed E-state index contributed by atoms with van der Waals surface area (Å²) in [5.41, 5.74) is 12.7. The van der Waals surface area contributed by atoms with E-state index in [1.54, 1.807) is 6.33 Å². The van der Waals surface area contributed by atoms with Crippen molar-refractivity contribution >= 4 is 46.5 Å². The van der Waals surface area contributed by atoms with E-state index in [1.165, 1.54) is 11.5 Å². The molecule has 6 nitrogen and oxygen atoms in total. The molecular weight excluding hydrogens is 280 g/mol. The summed E-state index contributed by atoms with van der Waals surface area (Å²) in [5, 5.41) is 0. The zero-order chi connectivity index (χ0) is 13.7. The first-order chi connectivity index (χ1) is 9.22. The third-order valence-electron chi connectivity index (χ3n) is 2.63. The number of thioether (sulfide) groups is 2. The van der Waals surface area contributed by atoms with Crippen LogP contribution in [0.1, 0.15) is 6.42 Å². The third-order valence-corrected chi connectivity index (χ3v) is 4.57. The maximum atomic E-state index is 5.77. The average molecular weight is 298 g/mol. The van der Waals surface area contributed by atoms with Gasteiger partial charge in [-0.15, -0.1) is 0 Å². The molecule has 0 amide bonds. The Labute approximate surface area is 120 Å². The van der Waals surface area contributed by atoms with E-state index in [2.05, 4.69) is 21.2 Å². The molecule has 8 heteroatoms. The fourth-order valence-electron chi connectivity index (χ4n) is 1.73. The van der Waals surface area contributed by atoms with E-state index in [1.807, 2.05) is 28.1 Å². The molecule has 2 aromatic heterocycles. The summed E-state index contributed by atoms with van der Waals surface area (Å²) in [4.78, 5) is 12.3. The number of nitrogen functional groups attached to an aromatic ring is 2. The lowest BCUT2D eigenvalue weighted by atomic mass is 10.4. The molecule has 0 saturated carbocycles. The zero-order valence-electron chi connectivity index (χ0n) is 10.9. The van der Waals surface area contributed by atoms with E-state index < -0.39 is 0 Å². The number of fused-ring (bicyclic) bond motifs is 1. The van der Waals surface area contributed by atoms with Crippen molar-refractivity contribution in [1.82, 2.24) is 19.5 Å². The molecule has 0 fully saturated rings. The maximum Gasteiger partial charge on any atom is 0.224 e. The van der Waals surface area contributed by atoms with Crippen LogP contribution in [0.15, 0.2) is 6.33 Å². The molecular formula is C11H18N6S2. The monoisotopic (exact) mass is 298 g/mol. The van der Waals surface area contributed by atoms with Crippen molar-refractivity contribution in [2.75, 3.05) is 35.0 Å². The van der Waals surface area contributed by atoms with Gasteiger partial charge in [0.25, 0.3) is 0 Å². The van der Waals surface area contributed by atoms with Crippen LogP contribution >= 0.6 is 23.5 Å². The number of hydrogen-bond acceptors (Lipinski definition) is 7. The van der Waals surface area contributed by atoms with Gasteiger partial charge in [-0.25, -0.2) is 4.98 Å². The SMILES string of the molecule is CSCCSCCCn1cnc2c(N)nc(N)nc21. The van der Waals surface area contributed by atoms with Crippen LogP contribution in [0.2, 0.25) is 0 Å². The van der Waals surface area contributed by atoms with E-state index in [-0.39, 0.29) is 5.95 Å². The summed E-state index contributed by atoms with van der Waals surface area (Å²) in [6.07, 6.45) is 4.96. The molecule has 2 aromatic rings. The molecule has 0 atom stereocenters. The van der Waals surface area contributed by atoms with Gasteiger partial charge in [0.15, 0.2) is 11.5 Å². The lowest BCUT2D eigenvalue weighted by molar-refractivity contribution is 0.697. The third kappa shape index (κ3) is 3.66. The zero-order valence-corrected chi connectivity index (χ0v) is 12.5. The highest BCUT2D eigenvalue weighted by Crippen LogP contribution is 2.17. The van der Waals surface area contributed by atoms with Gasteiger partial charge >= 0.3 is 0 Å². The first-order valence-electron chi connectivity index (χ1n) is 6.03. The largest absolute Gasteiger partial charge is 0.382 e. The van der Waals surface area contributed by atoms with E-state index in [0.717, 1.165) is 24.4 Å². The Hall–Kier alpha value is -1.15. The van der Waals surface area contributed by atoms with Crippen molar-refractivity contribution in [3.63, 3.8) is 0 Å². The number of nitrogens with zero attached hydrogens (tertiary/aromatic N) is 4. The van der Waals surface area contributed by atoms with E-state index in [0.29, 0.717) is 11.3 Å². The Morgan fingerprint density at radius 1 is 1.21 bits per heavy atom. The van der Waals surface area contributed by atoms with Crippen molar-refractivity contribution < 1.29 is 0 Å². The van der Waals surface area contributed by atoms with Gasteiger partial charge in [0.1, 0.15) is 5.52 Å². The van der Waals surface area contributed by atoms with Crippen molar-refractivity contribution in [3.8, 4) is 0 Å². The number of nitrogens with two attached hydrogens (primary N) is 2. The van der Waals surface area contributed by atoms with E-state index in [4.69, 9.17) is 11.5 Å². The number of hydrogen-bond donors (Lipinski definition) is 2. The van der Waals surface area contributed by atoms with Gasteiger partial charge in [0.2, 0.25) is 5.95 Å². The Morgan fingerprint density at radius 2 is 2.05 bits per heavy atom. The average Bonchev–Trinajstić information content (AvgIpc) is 2.77. The van der Waals surface area contributed by atoms with E-state index in [9.17, 15) is 0 Å².